The molecule has 0 saturated carbocycles. The number of fused-ring (bicyclic) bond motifs is 3. The number of rotatable bonds is 7. The number of furan rings is 1. The highest BCUT2D eigenvalue weighted by Gasteiger charge is 2.19. The fourth-order valence-corrected chi connectivity index (χ4v) is 7.26. The third-order valence-electron chi connectivity index (χ3n) is 10.1. The molecule has 0 amide bonds. The van der Waals surface area contributed by atoms with Crippen molar-refractivity contribution in [1.82, 2.24) is 20.2 Å². The van der Waals surface area contributed by atoms with E-state index in [0.29, 0.717) is 5.82 Å². The summed E-state index contributed by atoms with van der Waals surface area (Å²) in [5.74, 6) is 0.695. The minimum absolute atomic E-state index is 0.695. The maximum atomic E-state index is 6.63. The van der Waals surface area contributed by atoms with Gasteiger partial charge in [0.05, 0.1) is 22.8 Å². The molecule has 0 fully saturated rings. The van der Waals surface area contributed by atoms with E-state index in [4.69, 9.17) is 14.4 Å². The zero-order valence-corrected chi connectivity index (χ0v) is 29.7. The number of hydrogen-bond acceptors (Lipinski definition) is 5. The van der Waals surface area contributed by atoms with E-state index in [-0.39, 0.29) is 0 Å². The van der Waals surface area contributed by atoms with Gasteiger partial charge in [0.25, 0.3) is 0 Å². The molecule has 258 valence electrons. The first-order chi connectivity index (χ1) is 27.2. The highest BCUT2D eigenvalue weighted by atomic mass is 16.3. The first-order valence-electron chi connectivity index (χ1n) is 18.3. The molecule has 0 N–H and O–H groups in total. The van der Waals surface area contributed by atoms with Gasteiger partial charge in [0, 0.05) is 44.2 Å². The maximum absolute atomic E-state index is 6.63. The third kappa shape index (κ3) is 6.14. The molecule has 3 heterocycles. The predicted octanol–water partition coefficient (Wildman–Crippen LogP) is 12.8. The molecule has 10 rings (SSSR count). The van der Waals surface area contributed by atoms with Crippen molar-refractivity contribution in [2.45, 2.75) is 0 Å². The fraction of sp³-hybridized carbons (Fsp3) is 0. The summed E-state index contributed by atoms with van der Waals surface area (Å²) in [7, 11) is 0. The van der Waals surface area contributed by atoms with Crippen molar-refractivity contribution >= 4 is 21.9 Å². The lowest BCUT2D eigenvalue weighted by atomic mass is 9.91. The summed E-state index contributed by atoms with van der Waals surface area (Å²) in [6.07, 6.45) is 0. The van der Waals surface area contributed by atoms with Crippen LogP contribution >= 0.6 is 0 Å². The lowest BCUT2D eigenvalue weighted by Gasteiger charge is -2.13. The van der Waals surface area contributed by atoms with Gasteiger partial charge >= 0.3 is 0 Å². The standard InChI is InChI=1S/C50H32N4O/c1-4-12-34(13-5-1)43-30-31-44(54-53-43)36-24-26-38(27-25-36)48-40(28-29-42-41-18-10-11-19-47(41)55-49(42)48)33-20-22-37(23-21-33)46-32-45(35-14-6-2-7-15-35)51-50(52-46)39-16-8-3-9-17-39/h1-32H. The van der Waals surface area contributed by atoms with Gasteiger partial charge in [-0.1, -0.05) is 164 Å². The van der Waals surface area contributed by atoms with Crippen molar-refractivity contribution < 1.29 is 4.42 Å². The predicted molar refractivity (Wildman–Crippen MR) is 223 cm³/mol. The molecule has 0 bridgehead atoms. The van der Waals surface area contributed by atoms with Crippen molar-refractivity contribution in [2.75, 3.05) is 0 Å². The number of nitrogens with zero attached hydrogens (tertiary/aromatic N) is 4. The van der Waals surface area contributed by atoms with Crippen LogP contribution in [0.3, 0.4) is 0 Å². The molecule has 7 aromatic carbocycles. The second-order valence-electron chi connectivity index (χ2n) is 13.5. The van der Waals surface area contributed by atoms with Gasteiger partial charge in [-0.15, -0.1) is 10.2 Å². The Bertz CT molecular complexity index is 2870. The summed E-state index contributed by atoms with van der Waals surface area (Å²) in [5.41, 5.74) is 14.5. The van der Waals surface area contributed by atoms with Crippen LogP contribution in [-0.2, 0) is 0 Å². The van der Waals surface area contributed by atoms with Crippen LogP contribution in [0.25, 0.3) is 101 Å². The normalized spacial score (nSPS) is 11.3. The van der Waals surface area contributed by atoms with Gasteiger partial charge in [0.15, 0.2) is 5.82 Å². The molecule has 0 unspecified atom stereocenters. The zero-order valence-electron chi connectivity index (χ0n) is 29.7. The maximum Gasteiger partial charge on any atom is 0.160 e. The van der Waals surface area contributed by atoms with E-state index in [0.717, 1.165) is 94.8 Å². The first kappa shape index (κ1) is 32.2. The van der Waals surface area contributed by atoms with Crippen LogP contribution in [0.5, 0.6) is 0 Å². The van der Waals surface area contributed by atoms with Gasteiger partial charge in [-0.25, -0.2) is 9.97 Å². The Balaban J connectivity index is 1.05. The van der Waals surface area contributed by atoms with Crippen molar-refractivity contribution in [2.24, 2.45) is 0 Å². The van der Waals surface area contributed by atoms with E-state index in [9.17, 15) is 0 Å². The summed E-state index contributed by atoms with van der Waals surface area (Å²) < 4.78 is 6.63. The molecule has 5 heteroatoms. The van der Waals surface area contributed by atoms with E-state index >= 15 is 0 Å². The van der Waals surface area contributed by atoms with Crippen LogP contribution in [0.2, 0.25) is 0 Å². The van der Waals surface area contributed by atoms with E-state index in [1.165, 1.54) is 0 Å². The topological polar surface area (TPSA) is 64.7 Å². The largest absolute Gasteiger partial charge is 0.455 e. The highest BCUT2D eigenvalue weighted by molar-refractivity contribution is 6.12. The van der Waals surface area contributed by atoms with Crippen LogP contribution in [0, 0.1) is 0 Å². The minimum atomic E-state index is 0.695. The Morgan fingerprint density at radius 1 is 0.327 bits per heavy atom. The Hall–Kier alpha value is -7.50. The van der Waals surface area contributed by atoms with E-state index < -0.39 is 0 Å². The number of benzene rings is 7. The minimum Gasteiger partial charge on any atom is -0.455 e. The molecule has 0 aliphatic carbocycles. The van der Waals surface area contributed by atoms with Crippen LogP contribution < -0.4 is 0 Å². The third-order valence-corrected chi connectivity index (χ3v) is 10.1. The van der Waals surface area contributed by atoms with Crippen LogP contribution in [0.4, 0.5) is 0 Å². The monoisotopic (exact) mass is 704 g/mol. The smallest absolute Gasteiger partial charge is 0.160 e. The van der Waals surface area contributed by atoms with Gasteiger partial charge in [-0.3, -0.25) is 0 Å². The molecule has 3 aromatic heterocycles. The van der Waals surface area contributed by atoms with Crippen LogP contribution in [0.15, 0.2) is 199 Å². The number of para-hydroxylation sites is 1. The molecule has 5 nitrogen and oxygen atoms in total. The summed E-state index contributed by atoms with van der Waals surface area (Å²) in [4.78, 5) is 10.0. The summed E-state index contributed by atoms with van der Waals surface area (Å²) in [6.45, 7) is 0. The molecule has 0 saturated heterocycles. The van der Waals surface area contributed by atoms with E-state index in [2.05, 4.69) is 101 Å². The van der Waals surface area contributed by atoms with Crippen LogP contribution in [0.1, 0.15) is 0 Å². The van der Waals surface area contributed by atoms with Gasteiger partial charge in [0.1, 0.15) is 11.2 Å². The highest BCUT2D eigenvalue weighted by Crippen LogP contribution is 2.43. The van der Waals surface area contributed by atoms with Crippen molar-refractivity contribution in [1.29, 1.82) is 0 Å². The quantitative estimate of drug-likeness (QED) is 0.165. The fourth-order valence-electron chi connectivity index (χ4n) is 7.26. The molecule has 55 heavy (non-hydrogen) atoms. The van der Waals surface area contributed by atoms with Crippen molar-refractivity contribution in [3.05, 3.63) is 194 Å². The second-order valence-corrected chi connectivity index (χ2v) is 13.5. The molecule has 0 radical (unpaired) electrons. The summed E-state index contributed by atoms with van der Waals surface area (Å²) in [6, 6.07) is 66.4. The first-order valence-corrected chi connectivity index (χ1v) is 18.3. The van der Waals surface area contributed by atoms with E-state index in [1.54, 1.807) is 0 Å². The second kappa shape index (κ2) is 13.8. The zero-order chi connectivity index (χ0) is 36.6. The van der Waals surface area contributed by atoms with E-state index in [1.807, 2.05) is 103 Å². The average Bonchev–Trinajstić information content (AvgIpc) is 3.66. The Morgan fingerprint density at radius 3 is 1.40 bits per heavy atom. The van der Waals surface area contributed by atoms with Gasteiger partial charge in [-0.2, -0.15) is 0 Å². The SMILES string of the molecule is c1ccc(-c2ccc(-c3ccc(-c4c(-c5ccc(-c6cc(-c7ccccc7)nc(-c7ccccc7)n6)cc5)ccc5c4oc4ccccc45)cc3)nn2)cc1. The molecular formula is C50H32N4O. The Kier molecular flexibility index (Phi) is 8.08. The Labute approximate surface area is 318 Å². The summed E-state index contributed by atoms with van der Waals surface area (Å²) >= 11 is 0. The van der Waals surface area contributed by atoms with Crippen molar-refractivity contribution in [3.8, 4) is 78.7 Å². The lowest BCUT2D eigenvalue weighted by Crippen LogP contribution is -1.96. The average molecular weight is 705 g/mol. The molecule has 10 aromatic rings. The summed E-state index contributed by atoms with van der Waals surface area (Å²) in [5, 5.41) is 11.3. The lowest BCUT2D eigenvalue weighted by molar-refractivity contribution is 0.670. The van der Waals surface area contributed by atoms with Crippen molar-refractivity contribution in [3.63, 3.8) is 0 Å². The number of hydrogen-bond donors (Lipinski definition) is 0. The molecular weight excluding hydrogens is 673 g/mol. The van der Waals surface area contributed by atoms with Gasteiger partial charge in [0.2, 0.25) is 0 Å². The molecule has 0 spiro atoms. The number of aromatic nitrogens is 4. The molecule has 0 atom stereocenters. The van der Waals surface area contributed by atoms with Gasteiger partial charge < -0.3 is 4.42 Å². The van der Waals surface area contributed by atoms with Gasteiger partial charge in [-0.05, 0) is 47.0 Å². The van der Waals surface area contributed by atoms with Crippen LogP contribution in [-0.4, -0.2) is 20.2 Å². The molecule has 0 aliphatic rings. The Morgan fingerprint density at radius 2 is 0.800 bits per heavy atom. The molecule has 0 aliphatic heterocycles.